The van der Waals surface area contributed by atoms with Gasteiger partial charge in [0.2, 0.25) is 5.91 Å². The molecule has 102 valence electrons. The van der Waals surface area contributed by atoms with Crippen molar-refractivity contribution < 1.29 is 14.0 Å². The van der Waals surface area contributed by atoms with Gasteiger partial charge in [-0.1, -0.05) is 6.92 Å². The number of nitrogens with one attached hydrogen (secondary N) is 1. The molecular weight excluding hydrogens is 254 g/mol. The largest absolute Gasteiger partial charge is 0.465 e. The van der Waals surface area contributed by atoms with E-state index in [9.17, 15) is 9.59 Å². The zero-order valence-corrected chi connectivity index (χ0v) is 11.1. The third-order valence-corrected chi connectivity index (χ3v) is 2.72. The SMILES string of the molecule is CCC(=O)Nc1ccc(C(=O)C=Cc2ccco2)cc1. The molecule has 0 radical (unpaired) electrons. The molecule has 0 aliphatic heterocycles. The van der Waals surface area contributed by atoms with E-state index in [0.717, 1.165) is 0 Å². The minimum Gasteiger partial charge on any atom is -0.465 e. The molecule has 0 spiro atoms. The van der Waals surface area contributed by atoms with Crippen LogP contribution >= 0.6 is 0 Å². The van der Waals surface area contributed by atoms with Crippen LogP contribution in [0.15, 0.2) is 53.2 Å². The first-order chi connectivity index (χ1) is 9.69. The van der Waals surface area contributed by atoms with Crippen molar-refractivity contribution >= 4 is 23.5 Å². The molecule has 1 aromatic heterocycles. The Morgan fingerprint density at radius 2 is 1.95 bits per heavy atom. The summed E-state index contributed by atoms with van der Waals surface area (Å²) in [4.78, 5) is 23.1. The van der Waals surface area contributed by atoms with Gasteiger partial charge >= 0.3 is 0 Å². The van der Waals surface area contributed by atoms with E-state index >= 15 is 0 Å². The van der Waals surface area contributed by atoms with Gasteiger partial charge in [0.05, 0.1) is 6.26 Å². The van der Waals surface area contributed by atoms with E-state index in [1.807, 2.05) is 0 Å². The average Bonchev–Trinajstić information content (AvgIpc) is 2.98. The summed E-state index contributed by atoms with van der Waals surface area (Å²) in [7, 11) is 0. The lowest BCUT2D eigenvalue weighted by Gasteiger charge is -2.03. The lowest BCUT2D eigenvalue weighted by Crippen LogP contribution is -2.09. The molecule has 0 aliphatic rings. The first-order valence-corrected chi connectivity index (χ1v) is 6.35. The lowest BCUT2D eigenvalue weighted by atomic mass is 10.1. The summed E-state index contributed by atoms with van der Waals surface area (Å²) in [5.41, 5.74) is 1.24. The van der Waals surface area contributed by atoms with E-state index in [1.54, 1.807) is 55.7 Å². The van der Waals surface area contributed by atoms with Gasteiger partial charge in [0.25, 0.3) is 0 Å². The number of amides is 1. The van der Waals surface area contributed by atoms with Crippen LogP contribution in [0.1, 0.15) is 29.5 Å². The van der Waals surface area contributed by atoms with E-state index in [4.69, 9.17) is 4.42 Å². The molecular formula is C16H15NO3. The third-order valence-electron chi connectivity index (χ3n) is 2.72. The molecule has 2 aromatic rings. The fraction of sp³-hybridized carbons (Fsp3) is 0.125. The molecule has 1 aromatic carbocycles. The summed E-state index contributed by atoms with van der Waals surface area (Å²) in [6.45, 7) is 1.78. The van der Waals surface area contributed by atoms with E-state index in [1.165, 1.54) is 6.08 Å². The van der Waals surface area contributed by atoms with Crippen LogP contribution in [0.25, 0.3) is 6.08 Å². The molecule has 4 nitrogen and oxygen atoms in total. The number of carbonyl (C=O) groups excluding carboxylic acids is 2. The Morgan fingerprint density at radius 1 is 1.20 bits per heavy atom. The van der Waals surface area contributed by atoms with Crippen LogP contribution < -0.4 is 5.32 Å². The zero-order chi connectivity index (χ0) is 14.4. The highest BCUT2D eigenvalue weighted by atomic mass is 16.3. The van der Waals surface area contributed by atoms with E-state index in [-0.39, 0.29) is 11.7 Å². The van der Waals surface area contributed by atoms with Gasteiger partial charge in [-0.05, 0) is 48.6 Å². The summed E-state index contributed by atoms with van der Waals surface area (Å²) >= 11 is 0. The Hall–Kier alpha value is -2.62. The van der Waals surface area contributed by atoms with Crippen LogP contribution in [0.3, 0.4) is 0 Å². The minimum absolute atomic E-state index is 0.0539. The molecule has 20 heavy (non-hydrogen) atoms. The van der Waals surface area contributed by atoms with Crippen molar-refractivity contribution in [2.75, 3.05) is 5.32 Å². The number of allylic oxidation sites excluding steroid dienone is 1. The van der Waals surface area contributed by atoms with Gasteiger partial charge in [0.15, 0.2) is 5.78 Å². The average molecular weight is 269 g/mol. The third kappa shape index (κ3) is 3.68. The van der Waals surface area contributed by atoms with Crippen LogP contribution in [0.2, 0.25) is 0 Å². The fourth-order valence-electron chi connectivity index (χ4n) is 1.61. The number of hydrogen-bond donors (Lipinski definition) is 1. The van der Waals surface area contributed by atoms with Gasteiger partial charge in [-0.15, -0.1) is 0 Å². The molecule has 2 rings (SSSR count). The number of furan rings is 1. The molecule has 0 saturated heterocycles. The molecule has 1 heterocycles. The van der Waals surface area contributed by atoms with Gasteiger partial charge in [-0.2, -0.15) is 0 Å². The summed E-state index contributed by atoms with van der Waals surface area (Å²) in [5.74, 6) is 0.460. The Morgan fingerprint density at radius 3 is 2.55 bits per heavy atom. The summed E-state index contributed by atoms with van der Waals surface area (Å²) in [6, 6.07) is 10.3. The molecule has 0 saturated carbocycles. The van der Waals surface area contributed by atoms with Gasteiger partial charge in [-0.3, -0.25) is 9.59 Å². The van der Waals surface area contributed by atoms with Crippen molar-refractivity contribution in [2.45, 2.75) is 13.3 Å². The number of ketones is 1. The van der Waals surface area contributed by atoms with Gasteiger partial charge in [0.1, 0.15) is 5.76 Å². The number of rotatable bonds is 5. The Kier molecular flexibility index (Phi) is 4.50. The van der Waals surface area contributed by atoms with Gasteiger partial charge in [-0.25, -0.2) is 0 Å². The molecule has 4 heteroatoms. The first-order valence-electron chi connectivity index (χ1n) is 6.35. The van der Waals surface area contributed by atoms with Crippen molar-refractivity contribution in [1.82, 2.24) is 0 Å². The van der Waals surface area contributed by atoms with Crippen LogP contribution in [0.4, 0.5) is 5.69 Å². The van der Waals surface area contributed by atoms with Gasteiger partial charge < -0.3 is 9.73 Å². The van der Waals surface area contributed by atoms with Crippen molar-refractivity contribution in [3.8, 4) is 0 Å². The summed E-state index contributed by atoms with van der Waals surface area (Å²) < 4.78 is 5.11. The molecule has 0 bridgehead atoms. The Labute approximate surface area is 117 Å². The topological polar surface area (TPSA) is 59.3 Å². The molecule has 1 N–H and O–H groups in total. The number of benzene rings is 1. The molecule has 0 atom stereocenters. The van der Waals surface area contributed by atoms with Crippen molar-refractivity contribution in [2.24, 2.45) is 0 Å². The standard InChI is InChI=1S/C16H15NO3/c1-2-16(19)17-13-7-5-12(6-8-13)15(18)10-9-14-4-3-11-20-14/h3-11H,2H2,1H3,(H,17,19). The summed E-state index contributed by atoms with van der Waals surface area (Å²) in [5, 5.41) is 2.73. The number of carbonyl (C=O) groups is 2. The molecule has 0 fully saturated rings. The highest BCUT2D eigenvalue weighted by Crippen LogP contribution is 2.12. The monoisotopic (exact) mass is 269 g/mol. The minimum atomic E-state index is -0.116. The van der Waals surface area contributed by atoms with Crippen molar-refractivity contribution in [3.05, 3.63) is 60.1 Å². The predicted molar refractivity (Wildman–Crippen MR) is 77.4 cm³/mol. The maximum atomic E-state index is 11.9. The molecule has 0 unspecified atom stereocenters. The first kappa shape index (κ1) is 13.8. The maximum absolute atomic E-state index is 11.9. The lowest BCUT2D eigenvalue weighted by molar-refractivity contribution is -0.115. The fourth-order valence-corrected chi connectivity index (χ4v) is 1.61. The number of hydrogen-bond acceptors (Lipinski definition) is 3. The normalized spacial score (nSPS) is 10.7. The smallest absolute Gasteiger partial charge is 0.224 e. The van der Waals surface area contributed by atoms with E-state index in [2.05, 4.69) is 5.32 Å². The molecule has 0 aliphatic carbocycles. The maximum Gasteiger partial charge on any atom is 0.224 e. The highest BCUT2D eigenvalue weighted by molar-refractivity contribution is 6.07. The van der Waals surface area contributed by atoms with E-state index < -0.39 is 0 Å². The predicted octanol–water partition coefficient (Wildman–Crippen LogP) is 3.52. The second kappa shape index (κ2) is 6.52. The molecule has 1 amide bonds. The van der Waals surface area contributed by atoms with Crippen LogP contribution in [-0.2, 0) is 4.79 Å². The quantitative estimate of drug-likeness (QED) is 0.667. The summed E-state index contributed by atoms with van der Waals surface area (Å²) in [6.07, 6.45) is 5.05. The highest BCUT2D eigenvalue weighted by Gasteiger charge is 2.03. The second-order valence-corrected chi connectivity index (χ2v) is 4.19. The van der Waals surface area contributed by atoms with Crippen molar-refractivity contribution in [3.63, 3.8) is 0 Å². The van der Waals surface area contributed by atoms with Crippen LogP contribution in [-0.4, -0.2) is 11.7 Å². The number of anilines is 1. The second-order valence-electron chi connectivity index (χ2n) is 4.19. The Bertz CT molecular complexity index is 610. The van der Waals surface area contributed by atoms with E-state index in [0.29, 0.717) is 23.4 Å². The Balaban J connectivity index is 2.02. The van der Waals surface area contributed by atoms with Crippen LogP contribution in [0, 0.1) is 0 Å². The van der Waals surface area contributed by atoms with Crippen molar-refractivity contribution in [1.29, 1.82) is 0 Å². The zero-order valence-electron chi connectivity index (χ0n) is 11.1. The van der Waals surface area contributed by atoms with Gasteiger partial charge in [0, 0.05) is 17.7 Å². The van der Waals surface area contributed by atoms with Crippen LogP contribution in [0.5, 0.6) is 0 Å².